The molecule has 0 spiro atoms. The van der Waals surface area contributed by atoms with Crippen LogP contribution in [-0.2, 0) is 19.8 Å². The molecule has 0 fully saturated rings. The first-order chi connectivity index (χ1) is 9.39. The number of benzene rings is 1. The van der Waals surface area contributed by atoms with E-state index >= 15 is 0 Å². The molecule has 0 unspecified atom stereocenters. The zero-order valence-corrected chi connectivity index (χ0v) is 10.6. The SMILES string of the molecule is Cn1ccnc(NCc2ccccc2C(F)(F)F)c1=O. The fraction of sp³-hybridized carbons (Fsp3) is 0.231. The molecule has 0 atom stereocenters. The summed E-state index contributed by atoms with van der Waals surface area (Å²) >= 11 is 0. The molecule has 0 radical (unpaired) electrons. The Labute approximate surface area is 112 Å². The second kappa shape index (κ2) is 5.36. The lowest BCUT2D eigenvalue weighted by Gasteiger charge is -2.13. The molecule has 0 saturated heterocycles. The van der Waals surface area contributed by atoms with Crippen molar-refractivity contribution in [2.75, 3.05) is 5.32 Å². The monoisotopic (exact) mass is 283 g/mol. The number of aryl methyl sites for hydroxylation is 1. The zero-order chi connectivity index (χ0) is 14.8. The third-order valence-electron chi connectivity index (χ3n) is 2.79. The third kappa shape index (κ3) is 2.98. The van der Waals surface area contributed by atoms with Gasteiger partial charge in [-0.2, -0.15) is 13.2 Å². The first-order valence-corrected chi connectivity index (χ1v) is 5.80. The molecule has 7 heteroatoms. The molecule has 0 aliphatic rings. The van der Waals surface area contributed by atoms with E-state index in [9.17, 15) is 18.0 Å². The minimum absolute atomic E-state index is 0.0203. The summed E-state index contributed by atoms with van der Waals surface area (Å²) in [6.07, 6.45) is -1.55. The maximum atomic E-state index is 12.8. The van der Waals surface area contributed by atoms with E-state index in [1.165, 1.54) is 35.2 Å². The lowest BCUT2D eigenvalue weighted by atomic mass is 10.1. The molecule has 2 aromatic rings. The smallest absolute Gasteiger partial charge is 0.361 e. The van der Waals surface area contributed by atoms with Crippen molar-refractivity contribution in [3.63, 3.8) is 0 Å². The normalized spacial score (nSPS) is 11.4. The fourth-order valence-electron chi connectivity index (χ4n) is 1.75. The number of halogens is 3. The lowest BCUT2D eigenvalue weighted by Crippen LogP contribution is -2.22. The molecule has 1 N–H and O–H groups in total. The first-order valence-electron chi connectivity index (χ1n) is 5.80. The van der Waals surface area contributed by atoms with Gasteiger partial charge in [-0.15, -0.1) is 0 Å². The summed E-state index contributed by atoms with van der Waals surface area (Å²) in [7, 11) is 1.54. The highest BCUT2D eigenvalue weighted by Gasteiger charge is 2.32. The number of aromatic nitrogens is 2. The molecule has 0 aliphatic carbocycles. The largest absolute Gasteiger partial charge is 0.416 e. The van der Waals surface area contributed by atoms with Gasteiger partial charge in [0, 0.05) is 26.0 Å². The molecule has 2 rings (SSSR count). The van der Waals surface area contributed by atoms with Crippen LogP contribution in [-0.4, -0.2) is 9.55 Å². The topological polar surface area (TPSA) is 46.9 Å². The van der Waals surface area contributed by atoms with Crippen LogP contribution in [0.3, 0.4) is 0 Å². The maximum absolute atomic E-state index is 12.8. The Kier molecular flexibility index (Phi) is 3.78. The van der Waals surface area contributed by atoms with Gasteiger partial charge in [0.05, 0.1) is 5.56 Å². The average molecular weight is 283 g/mol. The van der Waals surface area contributed by atoms with Crippen molar-refractivity contribution < 1.29 is 13.2 Å². The van der Waals surface area contributed by atoms with Gasteiger partial charge in [0.15, 0.2) is 5.82 Å². The maximum Gasteiger partial charge on any atom is 0.416 e. The Morgan fingerprint density at radius 1 is 1.30 bits per heavy atom. The van der Waals surface area contributed by atoms with Crippen molar-refractivity contribution in [3.05, 3.63) is 58.1 Å². The quantitative estimate of drug-likeness (QED) is 0.941. The number of hydrogen-bond acceptors (Lipinski definition) is 3. The molecule has 106 valence electrons. The minimum atomic E-state index is -4.42. The number of rotatable bonds is 3. The molecule has 4 nitrogen and oxygen atoms in total. The molecule has 0 aliphatic heterocycles. The van der Waals surface area contributed by atoms with Gasteiger partial charge < -0.3 is 9.88 Å². The second-order valence-electron chi connectivity index (χ2n) is 4.20. The predicted molar refractivity (Wildman–Crippen MR) is 68.2 cm³/mol. The molecule has 1 heterocycles. The van der Waals surface area contributed by atoms with E-state index < -0.39 is 17.3 Å². The van der Waals surface area contributed by atoms with Crippen molar-refractivity contribution in [1.29, 1.82) is 0 Å². The Hall–Kier alpha value is -2.31. The highest BCUT2D eigenvalue weighted by molar-refractivity contribution is 5.36. The van der Waals surface area contributed by atoms with Crippen molar-refractivity contribution in [3.8, 4) is 0 Å². The zero-order valence-electron chi connectivity index (χ0n) is 10.6. The molecular formula is C13H12F3N3O. The van der Waals surface area contributed by atoms with E-state index in [2.05, 4.69) is 10.3 Å². The number of nitrogens with zero attached hydrogens (tertiary/aromatic N) is 2. The van der Waals surface area contributed by atoms with E-state index in [0.29, 0.717) is 0 Å². The molecule has 0 bridgehead atoms. The Balaban J connectivity index is 2.24. The number of hydrogen-bond donors (Lipinski definition) is 1. The highest BCUT2D eigenvalue weighted by Crippen LogP contribution is 2.31. The van der Waals surface area contributed by atoms with E-state index in [1.54, 1.807) is 7.05 Å². The molecule has 20 heavy (non-hydrogen) atoms. The fourth-order valence-corrected chi connectivity index (χ4v) is 1.75. The van der Waals surface area contributed by atoms with Gasteiger partial charge in [0.1, 0.15) is 0 Å². The van der Waals surface area contributed by atoms with Crippen LogP contribution in [0.5, 0.6) is 0 Å². The van der Waals surface area contributed by atoms with Crippen LogP contribution < -0.4 is 10.9 Å². The van der Waals surface area contributed by atoms with Crippen molar-refractivity contribution in [1.82, 2.24) is 9.55 Å². The van der Waals surface area contributed by atoms with Crippen LogP contribution in [0.1, 0.15) is 11.1 Å². The Morgan fingerprint density at radius 3 is 2.70 bits per heavy atom. The number of anilines is 1. The summed E-state index contributed by atoms with van der Waals surface area (Å²) in [6, 6.07) is 5.21. The van der Waals surface area contributed by atoms with Gasteiger partial charge >= 0.3 is 6.18 Å². The molecule has 0 saturated carbocycles. The highest BCUT2D eigenvalue weighted by atomic mass is 19.4. The van der Waals surface area contributed by atoms with Crippen LogP contribution in [0, 0.1) is 0 Å². The molecular weight excluding hydrogens is 271 g/mol. The number of nitrogens with one attached hydrogen (secondary N) is 1. The van der Waals surface area contributed by atoms with Gasteiger partial charge in [-0.05, 0) is 11.6 Å². The Morgan fingerprint density at radius 2 is 2.00 bits per heavy atom. The summed E-state index contributed by atoms with van der Waals surface area (Å²) in [5.74, 6) is 0.0203. The average Bonchev–Trinajstić information content (AvgIpc) is 2.40. The lowest BCUT2D eigenvalue weighted by molar-refractivity contribution is -0.138. The van der Waals surface area contributed by atoms with Gasteiger partial charge in [0.2, 0.25) is 0 Å². The van der Waals surface area contributed by atoms with Crippen LogP contribution in [0.25, 0.3) is 0 Å². The summed E-state index contributed by atoms with van der Waals surface area (Å²) < 4.78 is 39.7. The van der Waals surface area contributed by atoms with Crippen LogP contribution >= 0.6 is 0 Å². The molecule has 0 amide bonds. The predicted octanol–water partition coefficient (Wildman–Crippen LogP) is 2.41. The van der Waals surface area contributed by atoms with Crippen LogP contribution in [0.2, 0.25) is 0 Å². The van der Waals surface area contributed by atoms with Gasteiger partial charge in [-0.25, -0.2) is 4.98 Å². The summed E-state index contributed by atoms with van der Waals surface area (Å²) in [5, 5.41) is 2.64. The van der Waals surface area contributed by atoms with E-state index in [4.69, 9.17) is 0 Å². The summed E-state index contributed by atoms with van der Waals surface area (Å²) in [4.78, 5) is 15.5. The number of alkyl halides is 3. The summed E-state index contributed by atoms with van der Waals surface area (Å²) in [5.41, 5.74) is -1.05. The van der Waals surface area contributed by atoms with E-state index in [-0.39, 0.29) is 17.9 Å². The van der Waals surface area contributed by atoms with Crippen molar-refractivity contribution in [2.24, 2.45) is 7.05 Å². The van der Waals surface area contributed by atoms with E-state index in [1.807, 2.05) is 0 Å². The Bertz CT molecular complexity index is 664. The van der Waals surface area contributed by atoms with Gasteiger partial charge in [0.25, 0.3) is 5.56 Å². The third-order valence-corrected chi connectivity index (χ3v) is 2.79. The standard InChI is InChI=1S/C13H12F3N3O/c1-19-7-6-17-11(12(19)20)18-8-9-4-2-3-5-10(9)13(14,15)16/h2-7H,8H2,1H3,(H,17,18). The van der Waals surface area contributed by atoms with Crippen LogP contribution in [0.4, 0.5) is 19.0 Å². The van der Waals surface area contributed by atoms with Crippen molar-refractivity contribution >= 4 is 5.82 Å². The first kappa shape index (κ1) is 14.1. The van der Waals surface area contributed by atoms with Crippen LogP contribution in [0.15, 0.2) is 41.5 Å². The van der Waals surface area contributed by atoms with Gasteiger partial charge in [-0.1, -0.05) is 18.2 Å². The minimum Gasteiger partial charge on any atom is -0.361 e. The van der Waals surface area contributed by atoms with Crippen molar-refractivity contribution in [2.45, 2.75) is 12.7 Å². The van der Waals surface area contributed by atoms with E-state index in [0.717, 1.165) is 6.07 Å². The summed E-state index contributed by atoms with van der Waals surface area (Å²) in [6.45, 7) is -0.123. The molecule has 1 aromatic heterocycles. The second-order valence-corrected chi connectivity index (χ2v) is 4.20. The van der Waals surface area contributed by atoms with Gasteiger partial charge in [-0.3, -0.25) is 4.79 Å². The molecule has 1 aromatic carbocycles.